The van der Waals surface area contributed by atoms with Crippen molar-refractivity contribution in [3.05, 3.63) is 116 Å². The average molecular weight is 444 g/mol. The molecule has 160 valence electrons. The molecule has 4 nitrogen and oxygen atoms in total. The van der Waals surface area contributed by atoms with Gasteiger partial charge in [-0.2, -0.15) is 0 Å². The maximum Gasteiger partial charge on any atom is 0.291 e. The van der Waals surface area contributed by atoms with Gasteiger partial charge in [0, 0.05) is 11.6 Å². The first-order valence-corrected chi connectivity index (χ1v) is 11.0. The van der Waals surface area contributed by atoms with E-state index >= 15 is 0 Å². The molecule has 1 aliphatic heterocycles. The van der Waals surface area contributed by atoms with Crippen molar-refractivity contribution in [2.45, 2.75) is 32.4 Å². The molecule has 0 saturated carbocycles. The summed E-state index contributed by atoms with van der Waals surface area (Å²) < 4.78 is 5.98. The van der Waals surface area contributed by atoms with Crippen molar-refractivity contribution < 1.29 is 9.21 Å². The molecule has 32 heavy (non-hydrogen) atoms. The molecule has 0 aliphatic carbocycles. The molecule has 0 saturated heterocycles. The molecule has 0 radical (unpaired) electrons. The molecule has 0 N–H and O–H groups in total. The molecular weight excluding hydrogens is 422 g/mol. The van der Waals surface area contributed by atoms with Gasteiger partial charge in [0.1, 0.15) is 5.58 Å². The smallest absolute Gasteiger partial charge is 0.291 e. The first-order chi connectivity index (χ1) is 15.4. The standard InChI is InChI=1S/C27H22ClNO3/c1-16(2)18-8-10-19(11-9-18)24-23-25(30)21-14-20(28)12-13-22(21)32-26(23)27(31)29(24)15-17-6-4-3-5-7-17/h3-14,16,24H,15H2,1-2H3. The minimum atomic E-state index is -0.529. The molecule has 3 aromatic carbocycles. The van der Waals surface area contributed by atoms with Crippen LogP contribution in [0, 0.1) is 0 Å². The van der Waals surface area contributed by atoms with Crippen molar-refractivity contribution in [2.24, 2.45) is 0 Å². The number of hydrogen-bond acceptors (Lipinski definition) is 3. The Balaban J connectivity index is 1.71. The summed E-state index contributed by atoms with van der Waals surface area (Å²) in [5, 5.41) is 0.836. The van der Waals surface area contributed by atoms with Gasteiger partial charge in [0.2, 0.25) is 5.76 Å². The predicted octanol–water partition coefficient (Wildman–Crippen LogP) is 6.32. The number of halogens is 1. The van der Waals surface area contributed by atoms with E-state index in [9.17, 15) is 9.59 Å². The molecule has 0 bridgehead atoms. The van der Waals surface area contributed by atoms with Crippen LogP contribution in [0.25, 0.3) is 11.0 Å². The maximum atomic E-state index is 13.6. The Kier molecular flexibility index (Phi) is 5.10. The summed E-state index contributed by atoms with van der Waals surface area (Å²) in [4.78, 5) is 28.8. The zero-order valence-electron chi connectivity index (χ0n) is 17.8. The number of carbonyl (C=O) groups is 1. The molecule has 5 rings (SSSR count). The van der Waals surface area contributed by atoms with Crippen molar-refractivity contribution >= 4 is 28.5 Å². The number of carbonyl (C=O) groups excluding carboxylic acids is 1. The average Bonchev–Trinajstić information content (AvgIpc) is 3.07. The summed E-state index contributed by atoms with van der Waals surface area (Å²) in [6.45, 7) is 4.64. The first-order valence-electron chi connectivity index (χ1n) is 10.6. The largest absolute Gasteiger partial charge is 0.450 e. The molecule has 1 atom stereocenters. The second-order valence-electron chi connectivity index (χ2n) is 8.46. The molecule has 1 aromatic heterocycles. The van der Waals surface area contributed by atoms with Crippen LogP contribution in [0.1, 0.15) is 58.6 Å². The molecule has 5 heteroatoms. The Morgan fingerprint density at radius 2 is 1.69 bits per heavy atom. The summed E-state index contributed by atoms with van der Waals surface area (Å²) >= 11 is 6.15. The molecule has 0 fully saturated rings. The first kappa shape index (κ1) is 20.5. The van der Waals surface area contributed by atoms with E-state index in [0.717, 1.165) is 11.1 Å². The maximum absolute atomic E-state index is 13.6. The predicted molar refractivity (Wildman–Crippen MR) is 126 cm³/mol. The fourth-order valence-corrected chi connectivity index (χ4v) is 4.52. The summed E-state index contributed by atoms with van der Waals surface area (Å²) in [6.07, 6.45) is 0. The summed E-state index contributed by atoms with van der Waals surface area (Å²) in [7, 11) is 0. The number of hydrogen-bond donors (Lipinski definition) is 0. The minimum Gasteiger partial charge on any atom is -0.450 e. The molecule has 4 aromatic rings. The highest BCUT2D eigenvalue weighted by Gasteiger charge is 2.42. The third-order valence-electron chi connectivity index (χ3n) is 6.04. The van der Waals surface area contributed by atoms with E-state index in [1.54, 1.807) is 23.1 Å². The van der Waals surface area contributed by atoms with Gasteiger partial charge >= 0.3 is 0 Å². The van der Waals surface area contributed by atoms with E-state index in [1.165, 1.54) is 5.56 Å². The van der Waals surface area contributed by atoms with Gasteiger partial charge in [-0.05, 0) is 40.8 Å². The van der Waals surface area contributed by atoms with Gasteiger partial charge in [-0.3, -0.25) is 9.59 Å². The third-order valence-corrected chi connectivity index (χ3v) is 6.28. The lowest BCUT2D eigenvalue weighted by Gasteiger charge is -2.25. The Bertz CT molecular complexity index is 1370. The van der Waals surface area contributed by atoms with Crippen LogP contribution in [0.5, 0.6) is 0 Å². The molecule has 1 aliphatic rings. The van der Waals surface area contributed by atoms with Crippen LogP contribution in [-0.4, -0.2) is 10.8 Å². The van der Waals surface area contributed by atoms with E-state index in [2.05, 4.69) is 26.0 Å². The Morgan fingerprint density at radius 1 is 0.969 bits per heavy atom. The lowest BCUT2D eigenvalue weighted by molar-refractivity contribution is 0.0714. The van der Waals surface area contributed by atoms with Crippen molar-refractivity contribution in [3.8, 4) is 0 Å². The highest BCUT2D eigenvalue weighted by molar-refractivity contribution is 6.31. The fourth-order valence-electron chi connectivity index (χ4n) is 4.35. The van der Waals surface area contributed by atoms with Gasteiger partial charge in [0.05, 0.1) is 17.0 Å². The molecule has 1 amide bonds. The van der Waals surface area contributed by atoms with Crippen molar-refractivity contribution in [2.75, 3.05) is 0 Å². The second-order valence-corrected chi connectivity index (χ2v) is 8.89. The zero-order chi connectivity index (χ0) is 22.4. The third kappa shape index (κ3) is 3.41. The normalized spacial score (nSPS) is 15.6. The highest BCUT2D eigenvalue weighted by atomic mass is 35.5. The summed E-state index contributed by atoms with van der Waals surface area (Å²) in [5.41, 5.74) is 3.58. The minimum absolute atomic E-state index is 0.110. The Labute approximate surface area is 191 Å². The molecule has 2 heterocycles. The van der Waals surface area contributed by atoms with E-state index in [4.69, 9.17) is 16.0 Å². The summed E-state index contributed by atoms with van der Waals surface area (Å²) in [5.74, 6) is 0.215. The summed E-state index contributed by atoms with van der Waals surface area (Å²) in [6, 6.07) is 22.3. The van der Waals surface area contributed by atoms with E-state index in [1.807, 2.05) is 42.5 Å². The Hall–Kier alpha value is -3.37. The van der Waals surface area contributed by atoms with Crippen LogP contribution in [0.2, 0.25) is 5.02 Å². The number of nitrogens with zero attached hydrogens (tertiary/aromatic N) is 1. The lowest BCUT2D eigenvalue weighted by Crippen LogP contribution is -2.29. The van der Waals surface area contributed by atoms with E-state index in [0.29, 0.717) is 34.0 Å². The Morgan fingerprint density at radius 3 is 2.38 bits per heavy atom. The van der Waals surface area contributed by atoms with Gasteiger partial charge in [-0.15, -0.1) is 0 Å². The van der Waals surface area contributed by atoms with Crippen LogP contribution >= 0.6 is 11.6 Å². The van der Waals surface area contributed by atoms with Gasteiger partial charge in [0.25, 0.3) is 5.91 Å². The molecule has 0 spiro atoms. The monoisotopic (exact) mass is 443 g/mol. The SMILES string of the molecule is CC(C)c1ccc(C2c3c(oc4ccc(Cl)cc4c3=O)C(=O)N2Cc2ccccc2)cc1. The number of benzene rings is 3. The zero-order valence-corrected chi connectivity index (χ0v) is 18.6. The number of rotatable bonds is 4. The van der Waals surface area contributed by atoms with Crippen LogP contribution in [0.3, 0.4) is 0 Å². The van der Waals surface area contributed by atoms with Gasteiger partial charge in [0.15, 0.2) is 5.43 Å². The van der Waals surface area contributed by atoms with Crippen molar-refractivity contribution in [1.29, 1.82) is 0 Å². The van der Waals surface area contributed by atoms with E-state index in [-0.39, 0.29) is 17.1 Å². The van der Waals surface area contributed by atoms with Crippen molar-refractivity contribution in [3.63, 3.8) is 0 Å². The van der Waals surface area contributed by atoms with E-state index < -0.39 is 6.04 Å². The topological polar surface area (TPSA) is 50.5 Å². The van der Waals surface area contributed by atoms with Gasteiger partial charge < -0.3 is 9.32 Å². The molecule has 1 unspecified atom stereocenters. The van der Waals surface area contributed by atoms with Gasteiger partial charge in [-0.25, -0.2) is 0 Å². The lowest BCUT2D eigenvalue weighted by atomic mass is 9.95. The van der Waals surface area contributed by atoms with Crippen LogP contribution in [0.15, 0.2) is 82.0 Å². The van der Waals surface area contributed by atoms with Crippen LogP contribution in [0.4, 0.5) is 0 Å². The van der Waals surface area contributed by atoms with Gasteiger partial charge in [-0.1, -0.05) is 80.0 Å². The van der Waals surface area contributed by atoms with Crippen LogP contribution < -0.4 is 5.43 Å². The fraction of sp³-hybridized carbons (Fsp3) is 0.185. The molecular formula is C27H22ClNO3. The van der Waals surface area contributed by atoms with Crippen molar-refractivity contribution in [1.82, 2.24) is 4.90 Å². The number of amides is 1. The van der Waals surface area contributed by atoms with Crippen LogP contribution in [-0.2, 0) is 6.54 Å². The quantitative estimate of drug-likeness (QED) is 0.371. The highest BCUT2D eigenvalue weighted by Crippen LogP contribution is 2.39. The number of fused-ring (bicyclic) bond motifs is 2. The second kappa shape index (κ2) is 7.95.